The van der Waals surface area contributed by atoms with Crippen LogP contribution in [-0.4, -0.2) is 30.2 Å². The van der Waals surface area contributed by atoms with Crippen LogP contribution >= 0.6 is 0 Å². The van der Waals surface area contributed by atoms with Gasteiger partial charge in [-0.25, -0.2) is 0 Å². The standard InChI is InChI=1S/C7H19N3.C6H14N2/c1-3-4-6(9)7(2,10)5-8;1-3-4-6(2,8)5-7/h6H,3-5,8-10H2,1-2H3;3-4H,5,7-8H2,1-2H3/b;4-3+. The maximum atomic E-state index is 5.80. The quantitative estimate of drug-likeness (QED) is 0.430. The lowest BCUT2D eigenvalue weighted by Gasteiger charge is -2.29. The van der Waals surface area contributed by atoms with Crippen molar-refractivity contribution in [2.24, 2.45) is 28.7 Å². The summed E-state index contributed by atoms with van der Waals surface area (Å²) in [7, 11) is 0. The van der Waals surface area contributed by atoms with E-state index in [1.807, 2.05) is 32.9 Å². The lowest BCUT2D eigenvalue weighted by Crippen LogP contribution is -2.57. The summed E-state index contributed by atoms with van der Waals surface area (Å²) in [4.78, 5) is 0. The summed E-state index contributed by atoms with van der Waals surface area (Å²) in [6.45, 7) is 8.76. The van der Waals surface area contributed by atoms with E-state index in [1.165, 1.54) is 0 Å². The molecule has 0 radical (unpaired) electrons. The van der Waals surface area contributed by atoms with E-state index in [2.05, 4.69) is 6.92 Å². The maximum Gasteiger partial charge on any atom is 0.0434 e. The molecule has 0 aliphatic carbocycles. The summed E-state index contributed by atoms with van der Waals surface area (Å²) < 4.78 is 0. The Labute approximate surface area is 112 Å². The summed E-state index contributed by atoms with van der Waals surface area (Å²) in [5.74, 6) is 0. The van der Waals surface area contributed by atoms with Gasteiger partial charge in [-0.3, -0.25) is 0 Å². The third-order valence-corrected chi connectivity index (χ3v) is 2.87. The second kappa shape index (κ2) is 9.47. The van der Waals surface area contributed by atoms with Gasteiger partial charge in [0.25, 0.3) is 0 Å². The van der Waals surface area contributed by atoms with E-state index >= 15 is 0 Å². The van der Waals surface area contributed by atoms with Crippen molar-refractivity contribution >= 4 is 0 Å². The molecule has 0 fully saturated rings. The smallest absolute Gasteiger partial charge is 0.0434 e. The summed E-state index contributed by atoms with van der Waals surface area (Å²) in [6.07, 6.45) is 5.82. The van der Waals surface area contributed by atoms with Crippen LogP contribution in [0.25, 0.3) is 0 Å². The van der Waals surface area contributed by atoms with Crippen LogP contribution in [0.15, 0.2) is 12.2 Å². The Bertz CT molecular complexity index is 223. The van der Waals surface area contributed by atoms with Crippen molar-refractivity contribution in [2.75, 3.05) is 13.1 Å². The highest BCUT2D eigenvalue weighted by atomic mass is 14.9. The van der Waals surface area contributed by atoms with Crippen molar-refractivity contribution in [3.8, 4) is 0 Å². The first-order valence-electron chi connectivity index (χ1n) is 6.54. The highest BCUT2D eigenvalue weighted by Gasteiger charge is 2.23. The minimum atomic E-state index is -0.393. The molecule has 3 atom stereocenters. The van der Waals surface area contributed by atoms with E-state index < -0.39 is 5.54 Å². The fraction of sp³-hybridized carbons (Fsp3) is 0.846. The van der Waals surface area contributed by atoms with Gasteiger partial charge < -0.3 is 28.7 Å². The number of hydrogen-bond donors (Lipinski definition) is 5. The van der Waals surface area contributed by atoms with E-state index in [9.17, 15) is 0 Å². The average molecular weight is 259 g/mol. The average Bonchev–Trinajstić information content (AvgIpc) is 2.30. The molecule has 0 aromatic carbocycles. The van der Waals surface area contributed by atoms with Gasteiger partial charge in [0.2, 0.25) is 0 Å². The lowest BCUT2D eigenvalue weighted by molar-refractivity contribution is 0.364. The molecule has 0 aliphatic heterocycles. The Morgan fingerprint density at radius 2 is 1.61 bits per heavy atom. The SMILES string of the molecule is C/C=C/C(C)(N)CN.CCCC(N)C(C)(N)CN. The van der Waals surface area contributed by atoms with E-state index in [0.717, 1.165) is 12.8 Å². The van der Waals surface area contributed by atoms with Crippen LogP contribution in [-0.2, 0) is 0 Å². The van der Waals surface area contributed by atoms with Crippen LogP contribution in [0.1, 0.15) is 40.5 Å². The molecule has 5 heteroatoms. The molecular weight excluding hydrogens is 226 g/mol. The molecule has 110 valence electrons. The van der Waals surface area contributed by atoms with Gasteiger partial charge in [-0.1, -0.05) is 25.5 Å². The fourth-order valence-corrected chi connectivity index (χ4v) is 1.24. The van der Waals surface area contributed by atoms with Crippen molar-refractivity contribution in [1.29, 1.82) is 0 Å². The van der Waals surface area contributed by atoms with Crippen molar-refractivity contribution < 1.29 is 0 Å². The molecular formula is C13H33N5. The maximum absolute atomic E-state index is 5.80. The largest absolute Gasteiger partial charge is 0.329 e. The van der Waals surface area contributed by atoms with Crippen LogP contribution < -0.4 is 28.7 Å². The fourth-order valence-electron chi connectivity index (χ4n) is 1.24. The molecule has 0 saturated carbocycles. The molecule has 0 saturated heterocycles. The third-order valence-electron chi connectivity index (χ3n) is 2.87. The van der Waals surface area contributed by atoms with Gasteiger partial charge in [0.1, 0.15) is 0 Å². The first kappa shape index (κ1) is 19.9. The topological polar surface area (TPSA) is 130 Å². The van der Waals surface area contributed by atoms with Gasteiger partial charge in [0.15, 0.2) is 0 Å². The monoisotopic (exact) mass is 259 g/mol. The molecule has 0 heterocycles. The van der Waals surface area contributed by atoms with Crippen LogP contribution in [0.2, 0.25) is 0 Å². The van der Waals surface area contributed by atoms with Crippen molar-refractivity contribution in [3.05, 3.63) is 12.2 Å². The van der Waals surface area contributed by atoms with Gasteiger partial charge in [-0.2, -0.15) is 0 Å². The number of nitrogens with two attached hydrogens (primary N) is 5. The van der Waals surface area contributed by atoms with E-state index in [-0.39, 0.29) is 11.6 Å². The Kier molecular flexibility index (Phi) is 10.5. The zero-order chi connectivity index (χ0) is 14.8. The minimum Gasteiger partial charge on any atom is -0.329 e. The molecule has 0 rings (SSSR count). The molecule has 0 aromatic rings. The van der Waals surface area contributed by atoms with E-state index in [1.54, 1.807) is 0 Å². The Morgan fingerprint density at radius 1 is 1.11 bits per heavy atom. The molecule has 10 N–H and O–H groups in total. The van der Waals surface area contributed by atoms with Crippen molar-refractivity contribution in [1.82, 2.24) is 0 Å². The van der Waals surface area contributed by atoms with Crippen molar-refractivity contribution in [2.45, 2.75) is 57.7 Å². The highest BCUT2D eigenvalue weighted by molar-refractivity contribution is 5.00. The summed E-state index contributed by atoms with van der Waals surface area (Å²) in [5, 5.41) is 0. The Balaban J connectivity index is 0. The van der Waals surface area contributed by atoms with Gasteiger partial charge in [-0.05, 0) is 27.2 Å². The molecule has 18 heavy (non-hydrogen) atoms. The predicted molar refractivity (Wildman–Crippen MR) is 81.0 cm³/mol. The Hall–Kier alpha value is -0.460. The van der Waals surface area contributed by atoms with Crippen LogP contribution in [0.3, 0.4) is 0 Å². The molecule has 3 unspecified atom stereocenters. The molecule has 0 spiro atoms. The minimum absolute atomic E-state index is 0.0301. The lowest BCUT2D eigenvalue weighted by atomic mass is 9.91. The molecule has 0 aliphatic rings. The second-order valence-electron chi connectivity index (χ2n) is 5.32. The zero-order valence-corrected chi connectivity index (χ0v) is 12.4. The number of allylic oxidation sites excluding steroid dienone is 1. The molecule has 0 bridgehead atoms. The van der Waals surface area contributed by atoms with Gasteiger partial charge in [0, 0.05) is 30.2 Å². The molecule has 0 aromatic heterocycles. The predicted octanol–water partition coefficient (Wildman–Crippen LogP) is 0.0285. The third kappa shape index (κ3) is 9.56. The van der Waals surface area contributed by atoms with Gasteiger partial charge in [-0.15, -0.1) is 0 Å². The molecule has 5 nitrogen and oxygen atoms in total. The van der Waals surface area contributed by atoms with Gasteiger partial charge in [0.05, 0.1) is 0 Å². The first-order valence-corrected chi connectivity index (χ1v) is 6.54. The van der Waals surface area contributed by atoms with Crippen LogP contribution in [0.4, 0.5) is 0 Å². The molecule has 0 amide bonds. The first-order chi connectivity index (χ1) is 8.16. The zero-order valence-electron chi connectivity index (χ0n) is 12.4. The summed E-state index contributed by atoms with van der Waals surface area (Å²) in [5.41, 5.74) is 27.2. The normalized spacial score (nSPS) is 19.6. The van der Waals surface area contributed by atoms with Crippen molar-refractivity contribution in [3.63, 3.8) is 0 Å². The van der Waals surface area contributed by atoms with Crippen LogP contribution in [0, 0.1) is 0 Å². The number of hydrogen-bond acceptors (Lipinski definition) is 5. The van der Waals surface area contributed by atoms with E-state index in [4.69, 9.17) is 28.7 Å². The van der Waals surface area contributed by atoms with E-state index in [0.29, 0.717) is 13.1 Å². The Morgan fingerprint density at radius 3 is 1.83 bits per heavy atom. The summed E-state index contributed by atoms with van der Waals surface area (Å²) >= 11 is 0. The summed E-state index contributed by atoms with van der Waals surface area (Å²) in [6, 6.07) is 0.0301. The number of rotatable bonds is 6. The van der Waals surface area contributed by atoms with Gasteiger partial charge >= 0.3 is 0 Å². The highest BCUT2D eigenvalue weighted by Crippen LogP contribution is 2.07. The van der Waals surface area contributed by atoms with Crippen LogP contribution in [0.5, 0.6) is 0 Å². The second-order valence-corrected chi connectivity index (χ2v) is 5.32.